The number of anilines is 1. The van der Waals surface area contributed by atoms with Crippen LogP contribution in [0.1, 0.15) is 56.1 Å². The van der Waals surface area contributed by atoms with Crippen molar-refractivity contribution in [2.75, 3.05) is 5.32 Å². The molecule has 2 nitrogen and oxygen atoms in total. The third kappa shape index (κ3) is 2.86. The summed E-state index contributed by atoms with van der Waals surface area (Å²) in [5.74, 6) is 1.88. The first-order valence-electron chi connectivity index (χ1n) is 8.92. The van der Waals surface area contributed by atoms with Crippen molar-refractivity contribution in [3.63, 3.8) is 0 Å². The number of alkyl halides is 1. The molecule has 1 amide bonds. The molecule has 4 bridgehead atoms. The molecule has 1 aromatic carbocycles. The van der Waals surface area contributed by atoms with Gasteiger partial charge in [-0.1, -0.05) is 28.1 Å². The van der Waals surface area contributed by atoms with Gasteiger partial charge in [-0.2, -0.15) is 0 Å². The molecule has 1 N–H and O–H groups in total. The summed E-state index contributed by atoms with van der Waals surface area (Å²) in [6.07, 6.45) is 8.45. The van der Waals surface area contributed by atoms with Gasteiger partial charge in [-0.15, -0.1) is 0 Å². The molecule has 5 rings (SSSR count). The van der Waals surface area contributed by atoms with Gasteiger partial charge in [0.15, 0.2) is 0 Å². The van der Waals surface area contributed by atoms with Crippen molar-refractivity contribution in [2.45, 2.75) is 63.1 Å². The van der Waals surface area contributed by atoms with Gasteiger partial charge in [0, 0.05) is 16.4 Å². The minimum Gasteiger partial charge on any atom is -0.326 e. The van der Waals surface area contributed by atoms with Gasteiger partial charge < -0.3 is 5.32 Å². The van der Waals surface area contributed by atoms with Crippen LogP contribution in [-0.4, -0.2) is 10.2 Å². The Morgan fingerprint density at radius 2 is 1.91 bits per heavy atom. The Kier molecular flexibility index (Phi) is 3.64. The van der Waals surface area contributed by atoms with Crippen molar-refractivity contribution >= 4 is 27.5 Å². The second-order valence-electron chi connectivity index (χ2n) is 8.58. The zero-order chi connectivity index (χ0) is 16.2. The number of nitrogens with one attached hydrogen (secondary N) is 1. The van der Waals surface area contributed by atoms with Crippen LogP contribution >= 0.6 is 15.9 Å². The van der Waals surface area contributed by atoms with Crippen molar-refractivity contribution in [1.82, 2.24) is 0 Å². The third-order valence-electron chi connectivity index (χ3n) is 6.53. The largest absolute Gasteiger partial charge is 0.326 e. The number of amides is 1. The van der Waals surface area contributed by atoms with Crippen molar-refractivity contribution in [3.05, 3.63) is 29.3 Å². The highest BCUT2D eigenvalue weighted by Crippen LogP contribution is 2.65. The zero-order valence-corrected chi connectivity index (χ0v) is 15.7. The van der Waals surface area contributed by atoms with Gasteiger partial charge in [0.25, 0.3) is 0 Å². The van der Waals surface area contributed by atoms with E-state index < -0.39 is 0 Å². The highest BCUT2D eigenvalue weighted by molar-refractivity contribution is 9.10. The van der Waals surface area contributed by atoms with Crippen molar-refractivity contribution in [2.24, 2.45) is 17.3 Å². The summed E-state index contributed by atoms with van der Waals surface area (Å²) in [5, 5.41) is 3.18. The lowest BCUT2D eigenvalue weighted by Crippen LogP contribution is -2.53. The summed E-state index contributed by atoms with van der Waals surface area (Å²) in [7, 11) is 0. The van der Waals surface area contributed by atoms with E-state index in [1.165, 1.54) is 49.7 Å². The predicted molar refractivity (Wildman–Crippen MR) is 97.9 cm³/mol. The van der Waals surface area contributed by atoms with Crippen LogP contribution in [0.5, 0.6) is 0 Å². The van der Waals surface area contributed by atoms with Crippen LogP contribution in [0.15, 0.2) is 18.2 Å². The molecular formula is C20H26BrNO. The molecule has 0 aliphatic heterocycles. The van der Waals surface area contributed by atoms with Gasteiger partial charge in [-0.05, 0) is 86.8 Å². The van der Waals surface area contributed by atoms with Crippen LogP contribution in [0.3, 0.4) is 0 Å². The average molecular weight is 376 g/mol. The molecule has 4 aliphatic carbocycles. The highest BCUT2D eigenvalue weighted by atomic mass is 79.9. The third-order valence-corrected chi connectivity index (χ3v) is 7.45. The fourth-order valence-corrected chi connectivity index (χ4v) is 7.47. The van der Waals surface area contributed by atoms with Crippen LogP contribution in [0.25, 0.3) is 0 Å². The number of halogens is 1. The van der Waals surface area contributed by atoms with Crippen LogP contribution in [0, 0.1) is 31.1 Å². The maximum Gasteiger partial charge on any atom is 0.224 e. The summed E-state index contributed by atoms with van der Waals surface area (Å²) in [4.78, 5) is 12.7. The number of hydrogen-bond acceptors (Lipinski definition) is 1. The van der Waals surface area contributed by atoms with E-state index in [0.717, 1.165) is 17.5 Å². The van der Waals surface area contributed by atoms with Crippen molar-refractivity contribution in [3.8, 4) is 0 Å². The molecule has 0 aromatic heterocycles. The number of carbonyl (C=O) groups excluding carboxylic acids is 1. The molecule has 2 unspecified atom stereocenters. The Balaban J connectivity index is 1.50. The minimum atomic E-state index is 0.205. The van der Waals surface area contributed by atoms with Crippen molar-refractivity contribution in [1.29, 1.82) is 0 Å². The minimum absolute atomic E-state index is 0.205. The Bertz CT molecular complexity index is 639. The molecule has 0 heterocycles. The fourth-order valence-electron chi connectivity index (χ4n) is 5.96. The molecule has 4 aliphatic rings. The standard InChI is InChI=1S/C20H26BrNO/c1-13-4-3-5-17(14(13)2)22-18(23)11-19-7-15-6-16(8-19)10-20(21,9-15)12-19/h3-5,15-16H,6-12H2,1-2H3,(H,22,23). The van der Waals surface area contributed by atoms with Gasteiger partial charge in [0.05, 0.1) is 0 Å². The first kappa shape index (κ1) is 15.7. The van der Waals surface area contributed by atoms with E-state index in [2.05, 4.69) is 41.2 Å². The highest BCUT2D eigenvalue weighted by Gasteiger charge is 2.57. The summed E-state index contributed by atoms with van der Waals surface area (Å²) >= 11 is 4.04. The first-order valence-corrected chi connectivity index (χ1v) is 9.71. The quantitative estimate of drug-likeness (QED) is 0.707. The molecule has 23 heavy (non-hydrogen) atoms. The van der Waals surface area contributed by atoms with Gasteiger partial charge in [0.2, 0.25) is 5.91 Å². The number of carbonyl (C=O) groups is 1. The molecule has 3 heteroatoms. The summed E-state index contributed by atoms with van der Waals surface area (Å²) in [6.45, 7) is 4.18. The van der Waals surface area contributed by atoms with Gasteiger partial charge in [-0.3, -0.25) is 4.79 Å². The van der Waals surface area contributed by atoms with E-state index >= 15 is 0 Å². The van der Waals surface area contributed by atoms with E-state index in [1.807, 2.05) is 12.1 Å². The smallest absolute Gasteiger partial charge is 0.224 e. The molecule has 4 fully saturated rings. The van der Waals surface area contributed by atoms with Crippen LogP contribution in [-0.2, 0) is 4.79 Å². The van der Waals surface area contributed by atoms with Crippen molar-refractivity contribution < 1.29 is 4.79 Å². The molecule has 0 radical (unpaired) electrons. The molecule has 4 saturated carbocycles. The van der Waals surface area contributed by atoms with Crippen LogP contribution < -0.4 is 5.32 Å². The Morgan fingerprint density at radius 3 is 2.57 bits per heavy atom. The van der Waals surface area contributed by atoms with E-state index in [9.17, 15) is 4.79 Å². The maximum absolute atomic E-state index is 12.7. The van der Waals surface area contributed by atoms with Crippen LogP contribution in [0.4, 0.5) is 5.69 Å². The molecule has 1 aromatic rings. The molecule has 2 atom stereocenters. The Labute approximate surface area is 147 Å². The van der Waals surface area contributed by atoms with E-state index in [0.29, 0.717) is 10.7 Å². The lowest BCUT2D eigenvalue weighted by Gasteiger charge is -2.60. The number of rotatable bonds is 3. The summed E-state index contributed by atoms with van der Waals surface area (Å²) < 4.78 is 0.330. The lowest BCUT2D eigenvalue weighted by molar-refractivity contribution is -0.123. The number of hydrogen-bond donors (Lipinski definition) is 1. The maximum atomic E-state index is 12.7. The summed E-state index contributed by atoms with van der Waals surface area (Å²) in [5.41, 5.74) is 3.64. The predicted octanol–water partition coefficient (Wildman–Crippen LogP) is 5.37. The Hall–Kier alpha value is -0.830. The van der Waals surface area contributed by atoms with E-state index in [-0.39, 0.29) is 11.3 Å². The van der Waals surface area contributed by atoms with Gasteiger partial charge in [0.1, 0.15) is 0 Å². The first-order chi connectivity index (χ1) is 10.9. The van der Waals surface area contributed by atoms with Crippen LogP contribution in [0.2, 0.25) is 0 Å². The molecule has 124 valence electrons. The Morgan fingerprint density at radius 1 is 1.22 bits per heavy atom. The molecular weight excluding hydrogens is 350 g/mol. The zero-order valence-electron chi connectivity index (χ0n) is 14.1. The normalized spacial score (nSPS) is 37.9. The monoisotopic (exact) mass is 375 g/mol. The molecule has 0 spiro atoms. The average Bonchev–Trinajstić information content (AvgIpc) is 2.40. The van der Waals surface area contributed by atoms with Gasteiger partial charge >= 0.3 is 0 Å². The molecule has 0 saturated heterocycles. The summed E-state index contributed by atoms with van der Waals surface area (Å²) in [6, 6.07) is 6.14. The SMILES string of the molecule is Cc1cccc(NC(=O)CC23CC4CC(CC(Br)(C4)C2)C3)c1C. The number of aryl methyl sites for hydroxylation is 1. The second kappa shape index (κ2) is 5.34. The number of benzene rings is 1. The van der Waals surface area contributed by atoms with E-state index in [4.69, 9.17) is 0 Å². The van der Waals surface area contributed by atoms with E-state index in [1.54, 1.807) is 0 Å². The fraction of sp³-hybridized carbons (Fsp3) is 0.650. The lowest BCUT2D eigenvalue weighted by atomic mass is 9.48. The topological polar surface area (TPSA) is 29.1 Å². The second-order valence-corrected chi connectivity index (χ2v) is 10.3. The van der Waals surface area contributed by atoms with Gasteiger partial charge in [-0.25, -0.2) is 0 Å².